The molecule has 10 heteroatoms. The molecule has 32 heavy (non-hydrogen) atoms. The minimum Gasteiger partial charge on any atom is -0.343 e. The summed E-state index contributed by atoms with van der Waals surface area (Å²) in [5.74, 6) is 0.603. The molecular weight excluding hydrogens is 428 g/mol. The molecule has 0 bridgehead atoms. The lowest BCUT2D eigenvalue weighted by molar-refractivity contribution is -0.121. The van der Waals surface area contributed by atoms with Gasteiger partial charge in [0.15, 0.2) is 11.0 Å². The lowest BCUT2D eigenvalue weighted by Gasteiger charge is -2.30. The lowest BCUT2D eigenvalue weighted by Crippen LogP contribution is -2.45. The molecule has 2 N–H and O–H groups in total. The van der Waals surface area contributed by atoms with Crippen molar-refractivity contribution in [1.29, 1.82) is 0 Å². The quantitative estimate of drug-likeness (QED) is 0.520. The van der Waals surface area contributed by atoms with Crippen LogP contribution in [-0.2, 0) is 21.5 Å². The van der Waals surface area contributed by atoms with Crippen molar-refractivity contribution in [3.8, 4) is 11.4 Å². The molecule has 1 saturated carbocycles. The second-order valence-corrected chi connectivity index (χ2v) is 8.85. The van der Waals surface area contributed by atoms with E-state index >= 15 is 0 Å². The van der Waals surface area contributed by atoms with Crippen molar-refractivity contribution >= 4 is 28.3 Å². The largest absolute Gasteiger partial charge is 0.343 e. The maximum atomic E-state index is 12.4. The number of aromatic nitrogens is 4. The van der Waals surface area contributed by atoms with Crippen molar-refractivity contribution in [2.24, 2.45) is 0 Å². The van der Waals surface area contributed by atoms with Crippen LogP contribution in [0.3, 0.4) is 0 Å². The first-order valence-electron chi connectivity index (χ1n) is 10.8. The molecule has 0 atom stereocenters. The Morgan fingerprint density at radius 2 is 1.94 bits per heavy atom. The molecular formula is C22H26N6O3S. The van der Waals surface area contributed by atoms with Crippen LogP contribution >= 0.6 is 11.3 Å². The number of carbonyl (C=O) groups excluding carboxylic acids is 2. The Morgan fingerprint density at radius 3 is 2.66 bits per heavy atom. The van der Waals surface area contributed by atoms with Gasteiger partial charge in [0, 0.05) is 31.3 Å². The molecule has 1 fully saturated rings. The highest BCUT2D eigenvalue weighted by Gasteiger charge is 2.38. The predicted octanol–water partition coefficient (Wildman–Crippen LogP) is 3.85. The van der Waals surface area contributed by atoms with Crippen molar-refractivity contribution in [3.05, 3.63) is 41.5 Å². The number of pyridine rings is 1. The molecule has 9 nitrogen and oxygen atoms in total. The molecule has 4 rings (SSSR count). The van der Waals surface area contributed by atoms with E-state index in [9.17, 15) is 9.59 Å². The Hall–Kier alpha value is -3.14. The molecule has 2 amide bonds. The van der Waals surface area contributed by atoms with Crippen LogP contribution in [0.2, 0.25) is 0 Å². The number of carbonyl (C=O) groups is 2. The molecule has 3 heterocycles. The van der Waals surface area contributed by atoms with Crippen LogP contribution in [0.25, 0.3) is 11.4 Å². The van der Waals surface area contributed by atoms with Crippen LogP contribution < -0.4 is 10.6 Å². The molecule has 0 spiro atoms. The number of nitrogens with one attached hydrogen (secondary N) is 2. The maximum absolute atomic E-state index is 12.4. The van der Waals surface area contributed by atoms with Crippen molar-refractivity contribution in [2.45, 2.75) is 63.8 Å². The maximum Gasteiger partial charge on any atom is 0.227 e. The van der Waals surface area contributed by atoms with E-state index in [4.69, 9.17) is 4.52 Å². The topological polar surface area (TPSA) is 123 Å². The van der Waals surface area contributed by atoms with Gasteiger partial charge in [-0.05, 0) is 25.0 Å². The number of rotatable bonds is 7. The first kappa shape index (κ1) is 22.1. The Bertz CT molecular complexity index is 1060. The van der Waals surface area contributed by atoms with Gasteiger partial charge in [0.05, 0.1) is 5.69 Å². The zero-order valence-corrected chi connectivity index (χ0v) is 18.8. The first-order chi connectivity index (χ1) is 15.5. The second kappa shape index (κ2) is 9.99. The van der Waals surface area contributed by atoms with Gasteiger partial charge in [-0.15, -0.1) is 11.3 Å². The molecule has 3 aromatic heterocycles. The summed E-state index contributed by atoms with van der Waals surface area (Å²) >= 11 is 1.35. The van der Waals surface area contributed by atoms with Crippen molar-refractivity contribution in [1.82, 2.24) is 25.4 Å². The fourth-order valence-corrected chi connectivity index (χ4v) is 4.71. The summed E-state index contributed by atoms with van der Waals surface area (Å²) in [4.78, 5) is 37.4. The fourth-order valence-electron chi connectivity index (χ4n) is 3.99. The lowest BCUT2D eigenvalue weighted by atomic mass is 9.89. The van der Waals surface area contributed by atoms with Gasteiger partial charge in [0.1, 0.15) is 11.2 Å². The average molecular weight is 455 g/mol. The Kier molecular flexibility index (Phi) is 6.89. The minimum atomic E-state index is -0.588. The molecule has 0 aliphatic heterocycles. The van der Waals surface area contributed by atoms with Gasteiger partial charge in [-0.25, -0.2) is 4.98 Å². The summed E-state index contributed by atoms with van der Waals surface area (Å²) in [5, 5.41) is 12.4. The Morgan fingerprint density at radius 1 is 1.12 bits per heavy atom. The molecule has 168 valence electrons. The molecule has 1 aliphatic carbocycles. The van der Waals surface area contributed by atoms with Crippen LogP contribution in [-0.4, -0.2) is 31.9 Å². The fraction of sp³-hybridized carbons (Fsp3) is 0.455. The van der Waals surface area contributed by atoms with Crippen LogP contribution in [0.4, 0.5) is 5.13 Å². The molecule has 0 unspecified atom stereocenters. The van der Waals surface area contributed by atoms with Gasteiger partial charge in [0.25, 0.3) is 0 Å². The third kappa shape index (κ3) is 5.37. The second-order valence-electron chi connectivity index (χ2n) is 7.99. The third-order valence-corrected chi connectivity index (χ3v) is 6.27. The zero-order chi connectivity index (χ0) is 22.4. The first-order valence-corrected chi connectivity index (χ1v) is 11.7. The van der Waals surface area contributed by atoms with Gasteiger partial charge in [0.2, 0.25) is 17.7 Å². The van der Waals surface area contributed by atoms with E-state index in [0.29, 0.717) is 23.3 Å². The molecule has 1 aliphatic rings. The van der Waals surface area contributed by atoms with Crippen LogP contribution in [0.15, 0.2) is 34.3 Å². The van der Waals surface area contributed by atoms with Crippen molar-refractivity contribution < 1.29 is 14.1 Å². The van der Waals surface area contributed by atoms with Gasteiger partial charge in [-0.2, -0.15) is 4.98 Å². The Balaban J connectivity index is 1.36. The summed E-state index contributed by atoms with van der Waals surface area (Å²) < 4.78 is 5.41. The summed E-state index contributed by atoms with van der Waals surface area (Å²) in [7, 11) is 0. The number of amides is 2. The molecule has 0 aromatic carbocycles. The van der Waals surface area contributed by atoms with Crippen LogP contribution in [0.1, 0.15) is 63.6 Å². The standard InChI is InChI=1S/C22H26N6O3S/c1-15(29)27-22(11-5-2-3-6-12-22)20-26-19(31-28-20)10-9-18(30)25-21-24-17(14-32-21)16-8-4-7-13-23-16/h4,7-8,13-14H,2-3,5-6,9-12H2,1H3,(H,27,29)(H,24,25,30). The van der Waals surface area contributed by atoms with E-state index in [2.05, 4.69) is 30.7 Å². The van der Waals surface area contributed by atoms with Gasteiger partial charge >= 0.3 is 0 Å². The average Bonchev–Trinajstić information content (AvgIpc) is 3.39. The third-order valence-electron chi connectivity index (χ3n) is 5.51. The van der Waals surface area contributed by atoms with Gasteiger partial charge in [-0.3, -0.25) is 14.6 Å². The van der Waals surface area contributed by atoms with Gasteiger partial charge < -0.3 is 15.2 Å². The minimum absolute atomic E-state index is 0.105. The highest BCUT2D eigenvalue weighted by Crippen LogP contribution is 2.34. The van der Waals surface area contributed by atoms with E-state index in [0.717, 1.165) is 49.9 Å². The SMILES string of the molecule is CC(=O)NC1(c2noc(CCC(=O)Nc3nc(-c4ccccn4)cs3)n2)CCCCCC1. The van der Waals surface area contributed by atoms with E-state index in [-0.39, 0.29) is 18.2 Å². The van der Waals surface area contributed by atoms with Gasteiger partial charge in [-0.1, -0.05) is 36.9 Å². The predicted molar refractivity (Wildman–Crippen MR) is 120 cm³/mol. The number of anilines is 1. The molecule has 0 radical (unpaired) electrons. The summed E-state index contributed by atoms with van der Waals surface area (Å²) in [6.45, 7) is 1.51. The van der Waals surface area contributed by atoms with Crippen molar-refractivity contribution in [3.63, 3.8) is 0 Å². The van der Waals surface area contributed by atoms with E-state index in [1.807, 2.05) is 23.6 Å². The zero-order valence-electron chi connectivity index (χ0n) is 18.0. The highest BCUT2D eigenvalue weighted by molar-refractivity contribution is 7.14. The monoisotopic (exact) mass is 454 g/mol. The number of hydrogen-bond donors (Lipinski definition) is 2. The normalized spacial score (nSPS) is 15.7. The summed E-state index contributed by atoms with van der Waals surface area (Å²) in [5.41, 5.74) is 0.892. The smallest absolute Gasteiger partial charge is 0.227 e. The van der Waals surface area contributed by atoms with E-state index < -0.39 is 5.54 Å². The summed E-state index contributed by atoms with van der Waals surface area (Å²) in [6.07, 6.45) is 8.04. The van der Waals surface area contributed by atoms with Crippen LogP contribution in [0.5, 0.6) is 0 Å². The van der Waals surface area contributed by atoms with E-state index in [1.54, 1.807) is 6.20 Å². The Labute approximate surface area is 190 Å². The number of thiazole rings is 1. The molecule has 0 saturated heterocycles. The number of aryl methyl sites for hydroxylation is 1. The number of nitrogens with zero attached hydrogens (tertiary/aromatic N) is 4. The molecule has 3 aromatic rings. The summed E-state index contributed by atoms with van der Waals surface area (Å²) in [6, 6.07) is 5.61. The van der Waals surface area contributed by atoms with Crippen molar-refractivity contribution in [2.75, 3.05) is 5.32 Å². The number of hydrogen-bond acceptors (Lipinski definition) is 8. The van der Waals surface area contributed by atoms with Crippen LogP contribution in [0, 0.1) is 0 Å². The van der Waals surface area contributed by atoms with E-state index in [1.165, 1.54) is 18.3 Å². The highest BCUT2D eigenvalue weighted by atomic mass is 32.1.